The number of rotatable bonds is 52. The zero-order chi connectivity index (χ0) is 51.1. The first-order valence-electron chi connectivity index (χ1n) is 28.3. The van der Waals surface area contributed by atoms with Crippen LogP contribution in [0.5, 0.6) is 0 Å². The van der Waals surface area contributed by atoms with E-state index in [9.17, 15) is 39.6 Å². The summed E-state index contributed by atoms with van der Waals surface area (Å²) >= 11 is 0. The molecule has 0 heterocycles. The van der Waals surface area contributed by atoms with E-state index in [1.165, 1.54) is 154 Å². The summed E-state index contributed by atoms with van der Waals surface area (Å²) in [6.07, 6.45) is 51.4. The van der Waals surface area contributed by atoms with Crippen molar-refractivity contribution in [2.75, 3.05) is 26.4 Å². The average Bonchev–Trinajstić information content (AvgIpc) is 3.30. The van der Waals surface area contributed by atoms with Gasteiger partial charge in [0.2, 0.25) is 0 Å². The van der Waals surface area contributed by atoms with Crippen molar-refractivity contribution in [3.63, 3.8) is 0 Å². The molecule has 0 bridgehead atoms. The van der Waals surface area contributed by atoms with Crippen LogP contribution in [-0.4, -0.2) is 70.7 Å². The number of carboxylic acid groups (broad SMARTS) is 4. The zero-order valence-corrected chi connectivity index (χ0v) is 45.9. The summed E-state index contributed by atoms with van der Waals surface area (Å²) in [6.45, 7) is 1.30. The van der Waals surface area contributed by atoms with E-state index in [1.54, 1.807) is 0 Å². The number of unbranched alkanes of at least 4 members (excludes halogenated alkanes) is 40. The Labute approximate surface area is 438 Å². The van der Waals surface area contributed by atoms with E-state index in [2.05, 4.69) is 0 Å². The molecule has 0 aliphatic carbocycles. The van der Waals surface area contributed by atoms with Gasteiger partial charge in [0.25, 0.3) is 0 Å². The maximum Gasteiger partial charge on any atom is 4.00 e. The molecule has 0 aromatic carbocycles. The van der Waals surface area contributed by atoms with Crippen LogP contribution in [0.1, 0.15) is 308 Å². The van der Waals surface area contributed by atoms with Gasteiger partial charge >= 0.3 is 21.7 Å². The molecule has 12 nitrogen and oxygen atoms in total. The van der Waals surface area contributed by atoms with Crippen molar-refractivity contribution in [1.29, 1.82) is 0 Å². The van der Waals surface area contributed by atoms with Crippen LogP contribution in [0.2, 0.25) is 0 Å². The molecule has 0 saturated heterocycles. The average molecular weight is 1020 g/mol. The molecule has 0 radical (unpaired) electrons. The Bertz CT molecular complexity index is 835. The molecule has 0 aromatic heterocycles. The number of hydrogen-bond donors (Lipinski definition) is 4. The van der Waals surface area contributed by atoms with E-state index >= 15 is 0 Å². The second-order valence-electron chi connectivity index (χ2n) is 18.9. The largest absolute Gasteiger partial charge is 4.00 e. The maximum atomic E-state index is 10.2. The summed E-state index contributed by atoms with van der Waals surface area (Å²) in [4.78, 5) is 40.6. The van der Waals surface area contributed by atoms with Crippen molar-refractivity contribution < 1.29 is 81.7 Å². The Morgan fingerprint density at radius 3 is 0.362 bits per heavy atom. The summed E-state index contributed by atoms with van der Waals surface area (Å²) in [5, 5.41) is 75.0. The van der Waals surface area contributed by atoms with Crippen molar-refractivity contribution in [3.05, 3.63) is 0 Å². The van der Waals surface area contributed by atoms with Gasteiger partial charge in [0, 0.05) is 50.3 Å². The first-order chi connectivity index (χ1) is 33.1. The van der Waals surface area contributed by atoms with Gasteiger partial charge in [-0.3, -0.25) is 0 Å². The monoisotopic (exact) mass is 1020 g/mol. The van der Waals surface area contributed by atoms with Gasteiger partial charge in [-0.25, -0.2) is 0 Å². The fourth-order valence-electron chi connectivity index (χ4n) is 7.89. The van der Waals surface area contributed by atoms with Gasteiger partial charge in [-0.05, 0) is 77.0 Å². The van der Waals surface area contributed by atoms with Crippen LogP contribution in [0, 0.1) is 0 Å². The van der Waals surface area contributed by atoms with E-state index in [1.807, 2.05) is 0 Å². The smallest absolute Gasteiger partial charge is 0.550 e. The maximum absolute atomic E-state index is 10.2. The van der Waals surface area contributed by atoms with Crippen LogP contribution >= 0.6 is 0 Å². The molecule has 0 unspecified atom stereocenters. The van der Waals surface area contributed by atoms with Crippen LogP contribution in [-0.2, 0) is 40.9 Å². The van der Waals surface area contributed by atoms with E-state index in [4.69, 9.17) is 20.4 Å². The van der Waals surface area contributed by atoms with Gasteiger partial charge in [0.05, 0.1) is 0 Å². The number of aliphatic hydroxyl groups is 4. The molecule has 0 aromatic rings. The molecule has 4 N–H and O–H groups in total. The molecule has 13 heteroatoms. The summed E-state index contributed by atoms with van der Waals surface area (Å²) in [5.41, 5.74) is 0. The van der Waals surface area contributed by atoms with Crippen molar-refractivity contribution in [1.82, 2.24) is 0 Å². The molecular formula is C56H108O12Ti. The molecule has 0 aliphatic rings. The van der Waals surface area contributed by atoms with Crippen molar-refractivity contribution in [2.24, 2.45) is 0 Å². The molecule has 0 rings (SSSR count). The molecule has 0 spiro atoms. The van der Waals surface area contributed by atoms with Gasteiger partial charge < -0.3 is 60.0 Å². The Morgan fingerprint density at radius 2 is 0.275 bits per heavy atom. The summed E-state index contributed by atoms with van der Waals surface area (Å²) in [5.74, 6) is -3.69. The van der Waals surface area contributed by atoms with Gasteiger partial charge in [0.15, 0.2) is 0 Å². The van der Waals surface area contributed by atoms with Crippen molar-refractivity contribution >= 4 is 23.9 Å². The zero-order valence-electron chi connectivity index (χ0n) is 44.3. The Morgan fingerprint density at radius 1 is 0.188 bits per heavy atom. The first-order valence-corrected chi connectivity index (χ1v) is 28.3. The molecular weight excluding hydrogens is 912 g/mol. The first kappa shape index (κ1) is 76.4. The number of hydrogen-bond acceptors (Lipinski definition) is 12. The Hall–Kier alpha value is -1.57. The number of carbonyl (C=O) groups excluding carboxylic acids is 4. The van der Waals surface area contributed by atoms with Crippen LogP contribution in [0.25, 0.3) is 0 Å². The minimum absolute atomic E-state index is 0. The number of carbonyl (C=O) groups is 4. The second kappa shape index (κ2) is 73.0. The topological polar surface area (TPSA) is 241 Å². The second-order valence-corrected chi connectivity index (χ2v) is 18.9. The minimum Gasteiger partial charge on any atom is -0.550 e. The molecule has 0 aliphatic heterocycles. The van der Waals surface area contributed by atoms with Crippen LogP contribution in [0.3, 0.4) is 0 Å². The third kappa shape index (κ3) is 93.1. The quantitative estimate of drug-likeness (QED) is 0.0329. The van der Waals surface area contributed by atoms with Crippen LogP contribution in [0.4, 0.5) is 0 Å². The molecule has 408 valence electrons. The van der Waals surface area contributed by atoms with Gasteiger partial charge in [-0.15, -0.1) is 0 Å². The Kier molecular flexibility index (Phi) is 80.7. The summed E-state index contributed by atoms with van der Waals surface area (Å²) in [6, 6.07) is 0. The molecule has 0 fully saturated rings. The molecule has 69 heavy (non-hydrogen) atoms. The SMILES string of the molecule is O=C([O-])CCCCCCCCCCCCCO.O=C([O-])CCCCCCCCCCCCCO.O=C([O-])CCCCCCCCCCCCCO.O=C([O-])CCCCCCCCCCCCCO.[Ti+4]. The number of aliphatic carboxylic acids is 4. The van der Waals surface area contributed by atoms with Gasteiger partial charge in [0.1, 0.15) is 0 Å². The van der Waals surface area contributed by atoms with E-state index in [0.717, 1.165) is 128 Å². The van der Waals surface area contributed by atoms with Crippen LogP contribution < -0.4 is 20.4 Å². The summed E-state index contributed by atoms with van der Waals surface area (Å²) < 4.78 is 0. The third-order valence-corrected chi connectivity index (χ3v) is 12.2. The fourth-order valence-corrected chi connectivity index (χ4v) is 7.89. The molecule has 0 saturated carbocycles. The fraction of sp³-hybridized carbons (Fsp3) is 0.929. The van der Waals surface area contributed by atoms with Gasteiger partial charge in [-0.1, -0.05) is 231 Å². The van der Waals surface area contributed by atoms with Crippen LogP contribution in [0.15, 0.2) is 0 Å². The summed E-state index contributed by atoms with van der Waals surface area (Å²) in [7, 11) is 0. The Balaban J connectivity index is -0.000000263. The molecule has 0 atom stereocenters. The number of aliphatic hydroxyl groups excluding tert-OH is 4. The third-order valence-electron chi connectivity index (χ3n) is 12.2. The predicted molar refractivity (Wildman–Crippen MR) is 270 cm³/mol. The molecule has 0 amide bonds. The van der Waals surface area contributed by atoms with E-state index in [0.29, 0.717) is 26.4 Å². The van der Waals surface area contributed by atoms with Crippen molar-refractivity contribution in [2.45, 2.75) is 308 Å². The van der Waals surface area contributed by atoms with Gasteiger partial charge in [-0.2, -0.15) is 0 Å². The van der Waals surface area contributed by atoms with E-state index in [-0.39, 0.29) is 47.4 Å². The predicted octanol–water partition coefficient (Wildman–Crippen LogP) is 9.64. The number of carboxylic acids is 4. The standard InChI is InChI=1S/4C14H28O3.Ti/c4*15-13-11-9-7-5-3-1-2-4-6-8-10-12-14(16)17;/h4*15H,1-13H2,(H,16,17);/q;;;;+4/p-4. The van der Waals surface area contributed by atoms with Crippen molar-refractivity contribution in [3.8, 4) is 0 Å². The normalized spacial score (nSPS) is 10.5. The minimum atomic E-state index is -0.923. The van der Waals surface area contributed by atoms with E-state index < -0.39 is 23.9 Å².